The standard InChI is InChI=1S/C17H30N4O8/c1-5-7(2)12(18)16(27)20-10(6-11(23)24)15(26)19-8(3)14(25)21-13(9(4)22)17(28)29/h7-10,12-13,22H,5-6,18H2,1-4H3,(H,19,26)(H,20,27)(H,21,25)(H,23,24)(H,28,29). The highest BCUT2D eigenvalue weighted by Gasteiger charge is 2.31. The first kappa shape index (κ1) is 26.3. The zero-order valence-corrected chi connectivity index (χ0v) is 16.8. The summed E-state index contributed by atoms with van der Waals surface area (Å²) in [4.78, 5) is 58.7. The number of aliphatic hydroxyl groups excluding tert-OH is 1. The van der Waals surface area contributed by atoms with Crippen molar-refractivity contribution in [2.24, 2.45) is 11.7 Å². The van der Waals surface area contributed by atoms with Crippen molar-refractivity contribution in [2.45, 2.75) is 70.8 Å². The number of carboxylic acid groups (broad SMARTS) is 2. The molecule has 0 aromatic carbocycles. The van der Waals surface area contributed by atoms with E-state index in [1.807, 2.05) is 6.92 Å². The van der Waals surface area contributed by atoms with Crippen LogP contribution in [0.3, 0.4) is 0 Å². The molecule has 0 radical (unpaired) electrons. The second-order valence-electron chi connectivity index (χ2n) is 6.87. The van der Waals surface area contributed by atoms with E-state index in [1.54, 1.807) is 6.92 Å². The molecule has 8 N–H and O–H groups in total. The number of carboxylic acids is 2. The van der Waals surface area contributed by atoms with Crippen LogP contribution >= 0.6 is 0 Å². The molecule has 0 bridgehead atoms. The van der Waals surface area contributed by atoms with Crippen LogP contribution in [0, 0.1) is 5.92 Å². The first-order chi connectivity index (χ1) is 13.3. The Morgan fingerprint density at radius 3 is 1.86 bits per heavy atom. The van der Waals surface area contributed by atoms with Gasteiger partial charge in [-0.1, -0.05) is 20.3 Å². The number of rotatable bonds is 12. The van der Waals surface area contributed by atoms with Gasteiger partial charge in [-0.25, -0.2) is 4.79 Å². The Bertz CT molecular complexity index is 625. The van der Waals surface area contributed by atoms with Gasteiger partial charge in [0.05, 0.1) is 18.6 Å². The highest BCUT2D eigenvalue weighted by Crippen LogP contribution is 2.06. The van der Waals surface area contributed by atoms with E-state index in [4.69, 9.17) is 15.9 Å². The molecule has 29 heavy (non-hydrogen) atoms. The second-order valence-corrected chi connectivity index (χ2v) is 6.87. The minimum Gasteiger partial charge on any atom is -0.481 e. The van der Waals surface area contributed by atoms with Crippen LogP contribution in [0.25, 0.3) is 0 Å². The Morgan fingerprint density at radius 2 is 1.45 bits per heavy atom. The molecule has 0 spiro atoms. The van der Waals surface area contributed by atoms with Gasteiger partial charge in [0, 0.05) is 0 Å². The summed E-state index contributed by atoms with van der Waals surface area (Å²) in [5.41, 5.74) is 5.78. The maximum atomic E-state index is 12.4. The summed E-state index contributed by atoms with van der Waals surface area (Å²) in [5, 5.41) is 33.9. The van der Waals surface area contributed by atoms with Gasteiger partial charge in [-0.3, -0.25) is 19.2 Å². The number of aliphatic carboxylic acids is 2. The van der Waals surface area contributed by atoms with Gasteiger partial charge in [-0.15, -0.1) is 0 Å². The number of nitrogens with one attached hydrogen (secondary N) is 3. The molecule has 0 aliphatic heterocycles. The fourth-order valence-electron chi connectivity index (χ4n) is 2.21. The van der Waals surface area contributed by atoms with Gasteiger partial charge in [0.2, 0.25) is 17.7 Å². The van der Waals surface area contributed by atoms with Gasteiger partial charge in [0.25, 0.3) is 0 Å². The van der Waals surface area contributed by atoms with Crippen molar-refractivity contribution in [3.8, 4) is 0 Å². The van der Waals surface area contributed by atoms with Crippen molar-refractivity contribution < 1.29 is 39.3 Å². The summed E-state index contributed by atoms with van der Waals surface area (Å²) < 4.78 is 0. The minimum atomic E-state index is -1.59. The quantitative estimate of drug-likeness (QED) is 0.183. The monoisotopic (exact) mass is 418 g/mol. The van der Waals surface area contributed by atoms with E-state index < -0.39 is 66.4 Å². The number of carbonyl (C=O) groups excluding carboxylic acids is 3. The Kier molecular flexibility index (Phi) is 10.8. The summed E-state index contributed by atoms with van der Waals surface area (Å²) in [6, 6.07) is -5.30. The van der Waals surface area contributed by atoms with Crippen molar-refractivity contribution in [2.75, 3.05) is 0 Å². The number of carbonyl (C=O) groups is 5. The van der Waals surface area contributed by atoms with Crippen LogP contribution < -0.4 is 21.7 Å². The summed E-state index contributed by atoms with van der Waals surface area (Å²) in [6.45, 7) is 5.95. The van der Waals surface area contributed by atoms with E-state index in [0.29, 0.717) is 6.42 Å². The molecule has 12 nitrogen and oxygen atoms in total. The van der Waals surface area contributed by atoms with Crippen molar-refractivity contribution in [3.05, 3.63) is 0 Å². The molecule has 0 aliphatic carbocycles. The number of nitrogens with two attached hydrogens (primary N) is 1. The van der Waals surface area contributed by atoms with Gasteiger partial charge in [-0.05, 0) is 19.8 Å². The number of aliphatic hydroxyl groups is 1. The lowest BCUT2D eigenvalue weighted by Gasteiger charge is -2.24. The summed E-state index contributed by atoms with van der Waals surface area (Å²) in [6.07, 6.45) is -1.54. The second kappa shape index (κ2) is 12.0. The Hall–Kier alpha value is -2.73. The molecular formula is C17H30N4O8. The van der Waals surface area contributed by atoms with Crippen LogP contribution in [0.1, 0.15) is 40.5 Å². The number of amides is 3. The average Bonchev–Trinajstić information content (AvgIpc) is 2.62. The molecule has 0 aliphatic rings. The van der Waals surface area contributed by atoms with E-state index in [2.05, 4.69) is 16.0 Å². The van der Waals surface area contributed by atoms with Crippen molar-refractivity contribution in [1.29, 1.82) is 0 Å². The van der Waals surface area contributed by atoms with Crippen LogP contribution in [0.2, 0.25) is 0 Å². The van der Waals surface area contributed by atoms with Gasteiger partial charge in [0.15, 0.2) is 6.04 Å². The van der Waals surface area contributed by atoms with Crippen LogP contribution in [-0.2, 0) is 24.0 Å². The molecule has 12 heteroatoms. The highest BCUT2D eigenvalue weighted by atomic mass is 16.4. The average molecular weight is 418 g/mol. The molecule has 0 rings (SSSR count). The van der Waals surface area contributed by atoms with E-state index in [-0.39, 0.29) is 5.92 Å². The highest BCUT2D eigenvalue weighted by molar-refractivity contribution is 5.95. The molecule has 0 saturated heterocycles. The third-order valence-electron chi connectivity index (χ3n) is 4.37. The fourth-order valence-corrected chi connectivity index (χ4v) is 2.21. The largest absolute Gasteiger partial charge is 0.481 e. The molecule has 0 aromatic rings. The van der Waals surface area contributed by atoms with Crippen LogP contribution in [0.5, 0.6) is 0 Å². The third-order valence-corrected chi connectivity index (χ3v) is 4.37. The molecule has 6 unspecified atom stereocenters. The fraction of sp³-hybridized carbons (Fsp3) is 0.706. The SMILES string of the molecule is CCC(C)C(N)C(=O)NC(CC(=O)O)C(=O)NC(C)C(=O)NC(C(=O)O)C(C)O. The van der Waals surface area contributed by atoms with Crippen molar-refractivity contribution >= 4 is 29.7 Å². The maximum absolute atomic E-state index is 12.4. The Balaban J connectivity index is 5.13. The molecule has 166 valence electrons. The van der Waals surface area contributed by atoms with E-state index >= 15 is 0 Å². The normalized spacial score (nSPS) is 17.0. The molecular weight excluding hydrogens is 388 g/mol. The lowest BCUT2D eigenvalue weighted by Crippen LogP contribution is -2.58. The van der Waals surface area contributed by atoms with Gasteiger partial charge >= 0.3 is 11.9 Å². The minimum absolute atomic E-state index is 0.207. The molecule has 0 saturated carbocycles. The lowest BCUT2D eigenvalue weighted by atomic mass is 9.99. The molecule has 6 atom stereocenters. The van der Waals surface area contributed by atoms with E-state index in [1.165, 1.54) is 13.8 Å². The van der Waals surface area contributed by atoms with Crippen molar-refractivity contribution in [3.63, 3.8) is 0 Å². The molecule has 0 aromatic heterocycles. The first-order valence-electron chi connectivity index (χ1n) is 9.11. The van der Waals surface area contributed by atoms with Crippen LogP contribution in [0.15, 0.2) is 0 Å². The number of hydrogen-bond acceptors (Lipinski definition) is 7. The smallest absolute Gasteiger partial charge is 0.328 e. The topological polar surface area (TPSA) is 208 Å². The van der Waals surface area contributed by atoms with Gasteiger partial charge in [0.1, 0.15) is 12.1 Å². The van der Waals surface area contributed by atoms with E-state index in [9.17, 15) is 29.1 Å². The Morgan fingerprint density at radius 1 is 0.897 bits per heavy atom. The Labute approximate surface area is 168 Å². The molecule has 0 heterocycles. The number of hydrogen-bond donors (Lipinski definition) is 7. The zero-order chi connectivity index (χ0) is 22.9. The van der Waals surface area contributed by atoms with Gasteiger partial charge in [-0.2, -0.15) is 0 Å². The van der Waals surface area contributed by atoms with Gasteiger partial charge < -0.3 is 37.0 Å². The first-order valence-corrected chi connectivity index (χ1v) is 9.11. The third kappa shape index (κ3) is 8.87. The van der Waals surface area contributed by atoms with Crippen LogP contribution in [0.4, 0.5) is 0 Å². The molecule has 0 fully saturated rings. The van der Waals surface area contributed by atoms with E-state index in [0.717, 1.165) is 0 Å². The maximum Gasteiger partial charge on any atom is 0.328 e. The van der Waals surface area contributed by atoms with Crippen molar-refractivity contribution in [1.82, 2.24) is 16.0 Å². The summed E-state index contributed by atoms with van der Waals surface area (Å²) >= 11 is 0. The summed E-state index contributed by atoms with van der Waals surface area (Å²) in [7, 11) is 0. The predicted molar refractivity (Wildman–Crippen MR) is 100 cm³/mol. The van der Waals surface area contributed by atoms with Crippen LogP contribution in [-0.4, -0.2) is 75.3 Å². The molecule has 3 amide bonds. The predicted octanol–water partition coefficient (Wildman–Crippen LogP) is -2.23. The lowest BCUT2D eigenvalue weighted by molar-refractivity contribution is -0.145. The zero-order valence-electron chi connectivity index (χ0n) is 16.8. The summed E-state index contributed by atoms with van der Waals surface area (Å²) in [5.74, 6) is -5.62.